The van der Waals surface area contributed by atoms with Gasteiger partial charge in [0.1, 0.15) is 5.82 Å². The smallest absolute Gasteiger partial charge is 0.231 e. The average Bonchev–Trinajstić information content (AvgIpc) is 3.18. The molecule has 0 saturated carbocycles. The number of benzene rings is 1. The first-order chi connectivity index (χ1) is 12.6. The number of carbonyl (C=O) groups is 1. The molecule has 0 atom stereocenters. The molecule has 1 N–H and O–H groups in total. The molecule has 4 aromatic rings. The molecule has 3 aromatic heterocycles. The lowest BCUT2D eigenvalue weighted by Gasteiger charge is -2.04. The molecule has 1 aromatic carbocycles. The van der Waals surface area contributed by atoms with Crippen LogP contribution in [-0.4, -0.2) is 20.3 Å². The lowest BCUT2D eigenvalue weighted by Crippen LogP contribution is -2.16. The van der Waals surface area contributed by atoms with E-state index in [9.17, 15) is 4.79 Å². The minimum Gasteiger partial charge on any atom is -0.310 e. The zero-order valence-corrected chi connectivity index (χ0v) is 15.4. The Labute approximate surface area is 155 Å². The lowest BCUT2D eigenvalue weighted by molar-refractivity contribution is -0.115. The second-order valence-electron chi connectivity index (χ2n) is 6.32. The summed E-state index contributed by atoms with van der Waals surface area (Å²) in [6.07, 6.45) is 3.96. The Morgan fingerprint density at radius 1 is 1.15 bits per heavy atom. The van der Waals surface area contributed by atoms with E-state index in [1.54, 1.807) is 6.20 Å². The number of aryl methyl sites for hydroxylation is 2. The number of hydrogen-bond acceptors (Lipinski definition) is 4. The molecule has 0 bridgehead atoms. The summed E-state index contributed by atoms with van der Waals surface area (Å²) in [6, 6.07) is 12.0. The largest absolute Gasteiger partial charge is 0.310 e. The molecule has 0 aliphatic carbocycles. The van der Waals surface area contributed by atoms with Crippen LogP contribution in [0.1, 0.15) is 16.8 Å². The van der Waals surface area contributed by atoms with Crippen LogP contribution in [-0.2, 0) is 11.2 Å². The van der Waals surface area contributed by atoms with Crippen LogP contribution in [0.4, 0.5) is 5.82 Å². The average molecular weight is 362 g/mol. The number of fused-ring (bicyclic) bond motifs is 1. The third-order valence-electron chi connectivity index (χ3n) is 4.16. The van der Waals surface area contributed by atoms with Crippen LogP contribution in [0.5, 0.6) is 0 Å². The molecule has 26 heavy (non-hydrogen) atoms. The molecule has 3 heterocycles. The number of hydrogen-bond donors (Lipinski definition) is 1. The highest BCUT2D eigenvalue weighted by atomic mass is 32.1. The molecule has 0 spiro atoms. The summed E-state index contributed by atoms with van der Waals surface area (Å²) in [7, 11) is 0. The Bertz CT molecular complexity index is 1080. The number of anilines is 1. The van der Waals surface area contributed by atoms with Crippen LogP contribution in [0.25, 0.3) is 16.2 Å². The predicted octanol–water partition coefficient (Wildman–Crippen LogP) is 4.26. The normalized spacial score (nSPS) is 11.0. The van der Waals surface area contributed by atoms with Crippen molar-refractivity contribution in [1.82, 2.24) is 14.4 Å². The van der Waals surface area contributed by atoms with Crippen molar-refractivity contribution < 1.29 is 4.79 Å². The predicted molar refractivity (Wildman–Crippen MR) is 105 cm³/mol. The molecule has 6 heteroatoms. The van der Waals surface area contributed by atoms with E-state index in [1.807, 2.05) is 35.0 Å². The minimum atomic E-state index is -0.0895. The molecular formula is C20H18N4OS. The molecule has 5 nitrogen and oxygen atoms in total. The van der Waals surface area contributed by atoms with Crippen LogP contribution in [0, 0.1) is 13.8 Å². The van der Waals surface area contributed by atoms with Crippen LogP contribution < -0.4 is 5.32 Å². The highest BCUT2D eigenvalue weighted by molar-refractivity contribution is 7.15. The van der Waals surface area contributed by atoms with Gasteiger partial charge in [-0.1, -0.05) is 29.8 Å². The number of nitrogens with zero attached hydrogens (tertiary/aromatic N) is 3. The van der Waals surface area contributed by atoms with Gasteiger partial charge in [0, 0.05) is 29.0 Å². The first-order valence-electron chi connectivity index (χ1n) is 8.33. The second-order valence-corrected chi connectivity index (χ2v) is 7.15. The van der Waals surface area contributed by atoms with E-state index in [4.69, 9.17) is 0 Å². The topological polar surface area (TPSA) is 59.3 Å². The van der Waals surface area contributed by atoms with E-state index in [0.717, 1.165) is 27.5 Å². The molecule has 0 aliphatic rings. The molecule has 0 aliphatic heterocycles. The Morgan fingerprint density at radius 2 is 1.96 bits per heavy atom. The first kappa shape index (κ1) is 16.5. The van der Waals surface area contributed by atoms with Crippen molar-refractivity contribution in [3.05, 3.63) is 71.0 Å². The molecule has 130 valence electrons. The quantitative estimate of drug-likeness (QED) is 0.590. The summed E-state index contributed by atoms with van der Waals surface area (Å²) in [5, 5.41) is 4.83. The SMILES string of the molecule is Cc1ccc(-c2cn3c(CC(=O)Nc4cc(C)ccn4)csc3n2)cc1. The van der Waals surface area contributed by atoms with E-state index in [2.05, 4.69) is 46.5 Å². The van der Waals surface area contributed by atoms with Crippen molar-refractivity contribution in [2.75, 3.05) is 5.32 Å². The van der Waals surface area contributed by atoms with Gasteiger partial charge in [-0.2, -0.15) is 0 Å². The third-order valence-corrected chi connectivity index (χ3v) is 5.04. The summed E-state index contributed by atoms with van der Waals surface area (Å²) in [5.41, 5.74) is 5.19. The van der Waals surface area contributed by atoms with Crippen LogP contribution in [0.2, 0.25) is 0 Å². The number of rotatable bonds is 4. The van der Waals surface area contributed by atoms with Crippen molar-refractivity contribution in [2.24, 2.45) is 0 Å². The van der Waals surface area contributed by atoms with Gasteiger partial charge in [-0.15, -0.1) is 11.3 Å². The number of nitrogens with one attached hydrogen (secondary N) is 1. The molecule has 0 saturated heterocycles. The van der Waals surface area contributed by atoms with Gasteiger partial charge in [0.25, 0.3) is 0 Å². The van der Waals surface area contributed by atoms with Crippen molar-refractivity contribution in [2.45, 2.75) is 20.3 Å². The van der Waals surface area contributed by atoms with Gasteiger partial charge in [0.2, 0.25) is 5.91 Å². The highest BCUT2D eigenvalue weighted by Gasteiger charge is 2.13. The maximum absolute atomic E-state index is 12.4. The third kappa shape index (κ3) is 3.36. The highest BCUT2D eigenvalue weighted by Crippen LogP contribution is 2.24. The zero-order valence-electron chi connectivity index (χ0n) is 14.6. The van der Waals surface area contributed by atoms with E-state index in [0.29, 0.717) is 5.82 Å². The van der Waals surface area contributed by atoms with Gasteiger partial charge >= 0.3 is 0 Å². The molecule has 0 radical (unpaired) electrons. The summed E-state index contributed by atoms with van der Waals surface area (Å²) < 4.78 is 1.99. The van der Waals surface area contributed by atoms with E-state index < -0.39 is 0 Å². The monoisotopic (exact) mass is 362 g/mol. The number of aromatic nitrogens is 3. The lowest BCUT2D eigenvalue weighted by atomic mass is 10.1. The second kappa shape index (κ2) is 6.72. The van der Waals surface area contributed by atoms with Crippen molar-refractivity contribution in [3.63, 3.8) is 0 Å². The fourth-order valence-electron chi connectivity index (χ4n) is 2.78. The van der Waals surface area contributed by atoms with Gasteiger partial charge in [-0.3, -0.25) is 9.20 Å². The summed E-state index contributed by atoms with van der Waals surface area (Å²) in [6.45, 7) is 4.03. The van der Waals surface area contributed by atoms with Gasteiger partial charge < -0.3 is 5.32 Å². The molecular weight excluding hydrogens is 344 g/mol. The van der Waals surface area contributed by atoms with Gasteiger partial charge in [0.15, 0.2) is 4.96 Å². The van der Waals surface area contributed by atoms with Crippen LogP contribution >= 0.6 is 11.3 Å². The van der Waals surface area contributed by atoms with E-state index in [-0.39, 0.29) is 12.3 Å². The van der Waals surface area contributed by atoms with Gasteiger partial charge in [-0.05, 0) is 31.5 Å². The number of carbonyl (C=O) groups excluding carboxylic acids is 1. The van der Waals surface area contributed by atoms with Gasteiger partial charge in [-0.25, -0.2) is 9.97 Å². The number of imidazole rings is 1. The summed E-state index contributed by atoms with van der Waals surface area (Å²) >= 11 is 1.54. The number of thiazole rings is 1. The van der Waals surface area contributed by atoms with Crippen LogP contribution in [0.15, 0.2) is 54.2 Å². The van der Waals surface area contributed by atoms with Crippen LogP contribution in [0.3, 0.4) is 0 Å². The fraction of sp³-hybridized carbons (Fsp3) is 0.150. The van der Waals surface area contributed by atoms with Crippen molar-refractivity contribution in [1.29, 1.82) is 0 Å². The molecule has 4 rings (SSSR count). The van der Waals surface area contributed by atoms with E-state index >= 15 is 0 Å². The first-order valence-corrected chi connectivity index (χ1v) is 9.21. The van der Waals surface area contributed by atoms with Crippen molar-refractivity contribution in [3.8, 4) is 11.3 Å². The summed E-state index contributed by atoms with van der Waals surface area (Å²) in [4.78, 5) is 22.1. The zero-order chi connectivity index (χ0) is 18.1. The summed E-state index contributed by atoms with van der Waals surface area (Å²) in [5.74, 6) is 0.487. The Hall–Kier alpha value is -2.99. The molecule has 1 amide bonds. The van der Waals surface area contributed by atoms with E-state index in [1.165, 1.54) is 16.9 Å². The minimum absolute atomic E-state index is 0.0895. The standard InChI is InChI=1S/C20H18N4OS/c1-13-3-5-15(6-4-13)17-11-24-16(12-26-20(24)22-17)10-19(25)23-18-9-14(2)7-8-21-18/h3-9,11-12H,10H2,1-2H3,(H,21,23,25). The molecule has 0 unspecified atom stereocenters. The maximum Gasteiger partial charge on any atom is 0.231 e. The number of amides is 1. The Balaban J connectivity index is 1.55. The maximum atomic E-state index is 12.4. The van der Waals surface area contributed by atoms with Crippen molar-refractivity contribution >= 4 is 28.0 Å². The Kier molecular flexibility index (Phi) is 4.26. The Morgan fingerprint density at radius 3 is 2.73 bits per heavy atom. The molecule has 0 fully saturated rings. The van der Waals surface area contributed by atoms with Gasteiger partial charge in [0.05, 0.1) is 12.1 Å². The number of pyridine rings is 1. The fourth-order valence-corrected chi connectivity index (χ4v) is 3.65.